The molecule has 0 spiro atoms. The lowest BCUT2D eigenvalue weighted by atomic mass is 9.60. The first-order chi connectivity index (χ1) is 26.1. The Hall–Kier alpha value is -4.40. The molecular formula is C51H55NSi. The van der Waals surface area contributed by atoms with Crippen LogP contribution in [0.4, 0.5) is 11.4 Å². The average molecular weight is 710 g/mol. The van der Waals surface area contributed by atoms with Gasteiger partial charge in [-0.25, -0.2) is 0 Å². The minimum absolute atomic E-state index is 0.140. The Labute approximate surface area is 320 Å². The molecule has 268 valence electrons. The van der Waals surface area contributed by atoms with Crippen LogP contribution in [0, 0.1) is 11.8 Å². The van der Waals surface area contributed by atoms with Crippen molar-refractivity contribution in [2.24, 2.45) is 11.8 Å². The van der Waals surface area contributed by atoms with Gasteiger partial charge < -0.3 is 4.90 Å². The molecule has 7 aliphatic rings. The number of rotatable bonds is 8. The summed E-state index contributed by atoms with van der Waals surface area (Å²) >= 11 is 0. The van der Waals surface area contributed by atoms with Gasteiger partial charge in [-0.3, -0.25) is 0 Å². The van der Waals surface area contributed by atoms with E-state index in [9.17, 15) is 0 Å². The third-order valence-corrected chi connectivity index (χ3v) is 14.8. The zero-order valence-electron chi connectivity index (χ0n) is 31.8. The summed E-state index contributed by atoms with van der Waals surface area (Å²) in [6.45, 7) is 5.02. The summed E-state index contributed by atoms with van der Waals surface area (Å²) in [4.78, 5) is 2.68. The Bertz CT molecular complexity index is 2100. The van der Waals surface area contributed by atoms with E-state index in [1.807, 2.05) is 0 Å². The molecule has 0 aromatic heterocycles. The highest BCUT2D eigenvalue weighted by atomic mass is 28.3. The second kappa shape index (κ2) is 14.8. The van der Waals surface area contributed by atoms with E-state index in [1.54, 1.807) is 21.9 Å². The van der Waals surface area contributed by atoms with Gasteiger partial charge in [-0.05, 0) is 128 Å². The maximum atomic E-state index is 2.68. The Morgan fingerprint density at radius 1 is 0.679 bits per heavy atom. The molecule has 0 radical (unpaired) electrons. The standard InChI is InChI=1S/C51H55NSi/c1-53(2)50-36-42(34-35-44(50)38-20-8-4-9-21-38)52(49-29-17-14-24-43(49)37-18-6-3-7-19-37)41-32-30-40(31-33-41)51(39-22-10-5-11-23-39)47-27-15-12-25-45(47)46-26-13-16-28-48(46)51/h4,6,8-10,12-13,15,18-20,22-23,25-27,30-36,38,45,47,53H,3,5,7,11,14,16-17,21,24,28-29H2,1-2H3. The highest BCUT2D eigenvalue weighted by Gasteiger charge is 2.54. The Morgan fingerprint density at radius 3 is 2.23 bits per heavy atom. The molecule has 7 aliphatic carbocycles. The second-order valence-electron chi connectivity index (χ2n) is 16.4. The highest BCUT2D eigenvalue weighted by molar-refractivity contribution is 6.71. The predicted molar refractivity (Wildman–Crippen MR) is 230 cm³/mol. The van der Waals surface area contributed by atoms with Crippen LogP contribution in [0.15, 0.2) is 173 Å². The largest absolute Gasteiger partial charge is 0.314 e. The van der Waals surface area contributed by atoms with Crippen molar-refractivity contribution in [1.82, 2.24) is 0 Å². The normalized spacial score (nSPS) is 27.3. The lowest BCUT2D eigenvalue weighted by molar-refractivity contribution is 0.414. The number of benzene rings is 2. The van der Waals surface area contributed by atoms with E-state index in [1.165, 1.54) is 52.2 Å². The van der Waals surface area contributed by atoms with Gasteiger partial charge in [-0.1, -0.05) is 139 Å². The average Bonchev–Trinajstić information content (AvgIpc) is 3.53. The second-order valence-corrected chi connectivity index (χ2v) is 19.4. The molecule has 0 aliphatic heterocycles. The molecule has 0 amide bonds. The third-order valence-electron chi connectivity index (χ3n) is 13.1. The summed E-state index contributed by atoms with van der Waals surface area (Å²) in [6.07, 6.45) is 51.1. The van der Waals surface area contributed by atoms with Crippen LogP contribution in [0.3, 0.4) is 0 Å². The van der Waals surface area contributed by atoms with E-state index < -0.39 is 8.80 Å². The molecule has 9 rings (SSSR count). The van der Waals surface area contributed by atoms with E-state index in [-0.39, 0.29) is 5.41 Å². The van der Waals surface area contributed by atoms with Gasteiger partial charge in [0.25, 0.3) is 0 Å². The Morgan fingerprint density at radius 2 is 1.45 bits per heavy atom. The van der Waals surface area contributed by atoms with Crippen LogP contribution in [-0.2, 0) is 5.41 Å². The van der Waals surface area contributed by atoms with Crippen LogP contribution in [0.2, 0.25) is 13.1 Å². The number of allylic oxidation sites excluding steroid dienone is 22. The smallest absolute Gasteiger partial charge is 0.0652 e. The minimum atomic E-state index is -1.13. The van der Waals surface area contributed by atoms with Crippen LogP contribution >= 0.6 is 0 Å². The summed E-state index contributed by atoms with van der Waals surface area (Å²) in [5, 5.41) is 1.61. The van der Waals surface area contributed by atoms with Crippen molar-refractivity contribution in [3.63, 3.8) is 0 Å². The SMILES string of the molecule is C[SiH](C)c1cc(N(C2=C(C3=CCCC=C3)CCCC2)c2ccc(C3(C4=CCCC=C4)C4=C(C=CCC4)C4C=CC=CC43)cc2)ccc1C1C=CC=CC1. The molecule has 0 saturated carbocycles. The Kier molecular flexibility index (Phi) is 9.59. The van der Waals surface area contributed by atoms with Crippen molar-refractivity contribution in [3.05, 3.63) is 184 Å². The molecular weight excluding hydrogens is 655 g/mol. The molecule has 0 saturated heterocycles. The quantitative estimate of drug-likeness (QED) is 0.247. The first-order valence-electron chi connectivity index (χ1n) is 20.7. The molecule has 53 heavy (non-hydrogen) atoms. The molecule has 2 aromatic carbocycles. The molecule has 0 N–H and O–H groups in total. The predicted octanol–water partition coefficient (Wildman–Crippen LogP) is 12.8. The zero-order valence-corrected chi connectivity index (χ0v) is 33.0. The van der Waals surface area contributed by atoms with Crippen molar-refractivity contribution >= 4 is 25.4 Å². The first-order valence-corrected chi connectivity index (χ1v) is 23.6. The van der Waals surface area contributed by atoms with Gasteiger partial charge in [0.2, 0.25) is 0 Å². The van der Waals surface area contributed by atoms with E-state index in [2.05, 4.69) is 158 Å². The first kappa shape index (κ1) is 34.4. The van der Waals surface area contributed by atoms with Gasteiger partial charge in [0.15, 0.2) is 0 Å². The summed E-state index contributed by atoms with van der Waals surface area (Å²) < 4.78 is 0. The van der Waals surface area contributed by atoms with Crippen molar-refractivity contribution in [2.75, 3.05) is 4.90 Å². The van der Waals surface area contributed by atoms with Crippen LogP contribution in [0.25, 0.3) is 0 Å². The van der Waals surface area contributed by atoms with Crippen LogP contribution < -0.4 is 10.1 Å². The van der Waals surface area contributed by atoms with Crippen molar-refractivity contribution < 1.29 is 0 Å². The summed E-state index contributed by atoms with van der Waals surface area (Å²) in [5.74, 6) is 1.29. The minimum Gasteiger partial charge on any atom is -0.314 e. The lowest BCUT2D eigenvalue weighted by Gasteiger charge is -2.42. The van der Waals surface area contributed by atoms with Crippen LogP contribution in [-0.4, -0.2) is 8.80 Å². The topological polar surface area (TPSA) is 3.24 Å². The summed E-state index contributed by atoms with van der Waals surface area (Å²) in [7, 11) is -1.13. The molecule has 4 atom stereocenters. The molecule has 0 fully saturated rings. The Balaban J connectivity index is 1.21. The third kappa shape index (κ3) is 6.08. The van der Waals surface area contributed by atoms with Gasteiger partial charge in [-0.15, -0.1) is 0 Å². The van der Waals surface area contributed by atoms with Crippen molar-refractivity contribution in [3.8, 4) is 0 Å². The monoisotopic (exact) mass is 709 g/mol. The van der Waals surface area contributed by atoms with Crippen LogP contribution in [0.5, 0.6) is 0 Å². The van der Waals surface area contributed by atoms with E-state index in [0.717, 1.165) is 57.8 Å². The summed E-state index contributed by atoms with van der Waals surface area (Å²) in [5.41, 5.74) is 14.7. The fourth-order valence-electron chi connectivity index (χ4n) is 10.7. The maximum absolute atomic E-state index is 2.68. The van der Waals surface area contributed by atoms with E-state index in [0.29, 0.717) is 17.8 Å². The van der Waals surface area contributed by atoms with Crippen molar-refractivity contribution in [2.45, 2.75) is 95.1 Å². The van der Waals surface area contributed by atoms with E-state index >= 15 is 0 Å². The van der Waals surface area contributed by atoms with E-state index in [4.69, 9.17) is 0 Å². The number of nitrogens with zero attached hydrogens (tertiary/aromatic N) is 1. The van der Waals surface area contributed by atoms with Gasteiger partial charge >= 0.3 is 0 Å². The van der Waals surface area contributed by atoms with Gasteiger partial charge in [0.05, 0.1) is 8.80 Å². The molecule has 2 heteroatoms. The molecule has 4 unspecified atom stereocenters. The van der Waals surface area contributed by atoms with Crippen molar-refractivity contribution in [1.29, 1.82) is 0 Å². The lowest BCUT2D eigenvalue weighted by Crippen LogP contribution is -2.37. The maximum Gasteiger partial charge on any atom is 0.0652 e. The fourth-order valence-corrected chi connectivity index (χ4v) is 12.2. The zero-order chi connectivity index (χ0) is 35.8. The van der Waals surface area contributed by atoms with Gasteiger partial charge in [-0.2, -0.15) is 0 Å². The molecule has 2 aromatic rings. The molecule has 0 bridgehead atoms. The van der Waals surface area contributed by atoms with Gasteiger partial charge in [0, 0.05) is 40.2 Å². The van der Waals surface area contributed by atoms with Gasteiger partial charge in [0.1, 0.15) is 0 Å². The number of fused-ring (bicyclic) bond motifs is 2. The number of hydrogen-bond donors (Lipinski definition) is 0. The number of anilines is 2. The highest BCUT2D eigenvalue weighted by Crippen LogP contribution is 2.61. The van der Waals surface area contributed by atoms with Crippen LogP contribution in [0.1, 0.15) is 87.7 Å². The summed E-state index contributed by atoms with van der Waals surface area (Å²) in [6, 6.07) is 17.6. The fraction of sp³-hybridized carbons (Fsp3) is 0.333. The number of hydrogen-bond acceptors (Lipinski definition) is 1. The molecule has 0 heterocycles. The molecule has 1 nitrogen and oxygen atoms in total.